The topological polar surface area (TPSA) is 43.4 Å². The van der Waals surface area contributed by atoms with Crippen molar-refractivity contribution in [1.29, 1.82) is 0 Å². The fraction of sp³-hybridized carbons (Fsp3) is 0.222. The van der Waals surface area contributed by atoms with Crippen LogP contribution >= 0.6 is 15.9 Å². The van der Waals surface area contributed by atoms with Crippen LogP contribution in [0.15, 0.2) is 40.9 Å². The highest BCUT2D eigenvalue weighted by Gasteiger charge is 2.16. The van der Waals surface area contributed by atoms with Crippen LogP contribution in [0, 0.1) is 20.8 Å². The summed E-state index contributed by atoms with van der Waals surface area (Å²) in [5.41, 5.74) is 3.87. The number of halogens is 1. The molecule has 0 unspecified atom stereocenters. The summed E-state index contributed by atoms with van der Waals surface area (Å²) in [7, 11) is 0. The minimum Gasteiger partial charge on any atom is -0.454 e. The maximum absolute atomic E-state index is 12.2. The second-order valence-corrected chi connectivity index (χ2v) is 6.20. The molecule has 0 fully saturated rings. The molecule has 0 saturated heterocycles. The van der Waals surface area contributed by atoms with Gasteiger partial charge in [0.1, 0.15) is 0 Å². The molecule has 0 aromatic heterocycles. The normalized spacial score (nSPS) is 10.4. The first kappa shape index (κ1) is 16.4. The molecule has 0 aliphatic rings. The molecule has 0 atom stereocenters. The Morgan fingerprint density at radius 1 is 1.00 bits per heavy atom. The standard InChI is InChI=1S/C18H17BrO3/c1-11-8-12(2)17(13(3)9-11)18(21)22-10-16(20)14-4-6-15(19)7-5-14/h4-9H,10H2,1-3H3. The molecule has 0 heterocycles. The third kappa shape index (κ3) is 3.83. The summed E-state index contributed by atoms with van der Waals surface area (Å²) in [6, 6.07) is 10.8. The Hall–Kier alpha value is -1.94. The SMILES string of the molecule is Cc1cc(C)c(C(=O)OCC(=O)c2ccc(Br)cc2)c(C)c1. The van der Waals surface area contributed by atoms with Crippen LogP contribution in [0.3, 0.4) is 0 Å². The summed E-state index contributed by atoms with van der Waals surface area (Å²) in [4.78, 5) is 24.2. The molecule has 114 valence electrons. The molecule has 0 bridgehead atoms. The smallest absolute Gasteiger partial charge is 0.339 e. The number of hydrogen-bond acceptors (Lipinski definition) is 3. The highest BCUT2D eigenvalue weighted by Crippen LogP contribution is 2.18. The van der Waals surface area contributed by atoms with Crippen molar-refractivity contribution in [1.82, 2.24) is 0 Å². The number of esters is 1. The first-order chi connectivity index (χ1) is 10.4. The van der Waals surface area contributed by atoms with Gasteiger partial charge in [-0.05, 0) is 44.0 Å². The van der Waals surface area contributed by atoms with Gasteiger partial charge in [-0.25, -0.2) is 4.79 Å². The lowest BCUT2D eigenvalue weighted by Crippen LogP contribution is -2.16. The largest absolute Gasteiger partial charge is 0.454 e. The summed E-state index contributed by atoms with van der Waals surface area (Å²) >= 11 is 3.31. The average molecular weight is 361 g/mol. The van der Waals surface area contributed by atoms with Crippen LogP contribution in [0.25, 0.3) is 0 Å². The van der Waals surface area contributed by atoms with Crippen molar-refractivity contribution in [2.75, 3.05) is 6.61 Å². The van der Waals surface area contributed by atoms with Crippen molar-refractivity contribution in [2.24, 2.45) is 0 Å². The summed E-state index contributed by atoms with van der Waals surface area (Å²) in [6.07, 6.45) is 0. The van der Waals surface area contributed by atoms with E-state index in [1.807, 2.05) is 32.9 Å². The number of benzene rings is 2. The summed E-state index contributed by atoms with van der Waals surface area (Å²) < 4.78 is 6.07. The molecule has 22 heavy (non-hydrogen) atoms. The van der Waals surface area contributed by atoms with E-state index in [2.05, 4.69) is 15.9 Å². The van der Waals surface area contributed by atoms with Gasteiger partial charge in [0.05, 0.1) is 5.56 Å². The van der Waals surface area contributed by atoms with Gasteiger partial charge in [-0.1, -0.05) is 45.8 Å². The molecule has 0 saturated carbocycles. The van der Waals surface area contributed by atoms with Crippen molar-refractivity contribution in [2.45, 2.75) is 20.8 Å². The fourth-order valence-corrected chi connectivity index (χ4v) is 2.69. The third-order valence-electron chi connectivity index (χ3n) is 3.38. The Morgan fingerprint density at radius 3 is 2.09 bits per heavy atom. The van der Waals surface area contributed by atoms with Gasteiger partial charge < -0.3 is 4.74 Å². The number of carbonyl (C=O) groups is 2. The zero-order chi connectivity index (χ0) is 16.3. The van der Waals surface area contributed by atoms with Crippen molar-refractivity contribution in [3.8, 4) is 0 Å². The predicted molar refractivity (Wildman–Crippen MR) is 89.4 cm³/mol. The van der Waals surface area contributed by atoms with E-state index in [9.17, 15) is 9.59 Å². The molecule has 0 aliphatic carbocycles. The second-order valence-electron chi connectivity index (χ2n) is 5.28. The molecule has 0 aliphatic heterocycles. The lowest BCUT2D eigenvalue weighted by atomic mass is 10.00. The van der Waals surface area contributed by atoms with E-state index in [0.717, 1.165) is 21.2 Å². The van der Waals surface area contributed by atoms with Crippen LogP contribution in [0.2, 0.25) is 0 Å². The number of hydrogen-bond donors (Lipinski definition) is 0. The number of Topliss-reactive ketones (excluding diaryl/α,β-unsaturated/α-hetero) is 1. The van der Waals surface area contributed by atoms with Crippen LogP contribution in [-0.2, 0) is 4.74 Å². The Labute approximate surface area is 138 Å². The van der Waals surface area contributed by atoms with E-state index in [0.29, 0.717) is 11.1 Å². The summed E-state index contributed by atoms with van der Waals surface area (Å²) in [5, 5.41) is 0. The number of aryl methyl sites for hydroxylation is 3. The minimum atomic E-state index is -0.458. The third-order valence-corrected chi connectivity index (χ3v) is 3.91. The van der Waals surface area contributed by atoms with E-state index in [1.165, 1.54) is 0 Å². The number of rotatable bonds is 4. The molecular formula is C18H17BrO3. The molecule has 2 aromatic carbocycles. The van der Waals surface area contributed by atoms with E-state index < -0.39 is 5.97 Å². The van der Waals surface area contributed by atoms with E-state index in [4.69, 9.17) is 4.74 Å². The van der Waals surface area contributed by atoms with Crippen molar-refractivity contribution < 1.29 is 14.3 Å². The molecule has 0 spiro atoms. The number of ketones is 1. The van der Waals surface area contributed by atoms with E-state index >= 15 is 0 Å². The Morgan fingerprint density at radius 2 is 1.55 bits per heavy atom. The molecular weight excluding hydrogens is 344 g/mol. The monoisotopic (exact) mass is 360 g/mol. The van der Waals surface area contributed by atoms with Gasteiger partial charge >= 0.3 is 5.97 Å². The quantitative estimate of drug-likeness (QED) is 0.598. The molecule has 2 aromatic rings. The second kappa shape index (κ2) is 6.88. The van der Waals surface area contributed by atoms with E-state index in [1.54, 1.807) is 24.3 Å². The van der Waals surface area contributed by atoms with Gasteiger partial charge in [-0.3, -0.25) is 4.79 Å². The molecule has 0 radical (unpaired) electrons. The van der Waals surface area contributed by atoms with Gasteiger partial charge in [0, 0.05) is 10.0 Å². The van der Waals surface area contributed by atoms with Gasteiger partial charge in [0.2, 0.25) is 0 Å². The summed E-state index contributed by atoms with van der Waals surface area (Å²) in [6.45, 7) is 5.46. The molecule has 3 nitrogen and oxygen atoms in total. The van der Waals surface area contributed by atoms with Crippen LogP contribution in [-0.4, -0.2) is 18.4 Å². The lowest BCUT2D eigenvalue weighted by molar-refractivity contribution is 0.0473. The van der Waals surface area contributed by atoms with Crippen LogP contribution in [0.1, 0.15) is 37.4 Å². The maximum Gasteiger partial charge on any atom is 0.339 e. The van der Waals surface area contributed by atoms with E-state index in [-0.39, 0.29) is 12.4 Å². The number of ether oxygens (including phenoxy) is 1. The van der Waals surface area contributed by atoms with Crippen molar-refractivity contribution >= 4 is 27.7 Å². The number of carbonyl (C=O) groups excluding carboxylic acids is 2. The Bertz CT molecular complexity index is 695. The predicted octanol–water partition coefficient (Wildman–Crippen LogP) is 4.41. The average Bonchev–Trinajstić information content (AvgIpc) is 2.44. The molecule has 2 rings (SSSR count). The van der Waals surface area contributed by atoms with Crippen LogP contribution < -0.4 is 0 Å². The van der Waals surface area contributed by atoms with Crippen molar-refractivity contribution in [3.05, 3.63) is 68.7 Å². The van der Waals surface area contributed by atoms with Gasteiger partial charge in [0.25, 0.3) is 0 Å². The van der Waals surface area contributed by atoms with Crippen molar-refractivity contribution in [3.63, 3.8) is 0 Å². The Balaban J connectivity index is 2.07. The Kier molecular flexibility index (Phi) is 5.14. The minimum absolute atomic E-state index is 0.219. The van der Waals surface area contributed by atoms with Gasteiger partial charge in [0.15, 0.2) is 12.4 Å². The molecule has 4 heteroatoms. The van der Waals surface area contributed by atoms with Gasteiger partial charge in [-0.15, -0.1) is 0 Å². The zero-order valence-corrected chi connectivity index (χ0v) is 14.4. The van der Waals surface area contributed by atoms with Gasteiger partial charge in [-0.2, -0.15) is 0 Å². The zero-order valence-electron chi connectivity index (χ0n) is 12.8. The first-order valence-corrected chi connectivity index (χ1v) is 7.71. The lowest BCUT2D eigenvalue weighted by Gasteiger charge is -2.10. The maximum atomic E-state index is 12.2. The highest BCUT2D eigenvalue weighted by atomic mass is 79.9. The van der Waals surface area contributed by atoms with Crippen LogP contribution in [0.5, 0.6) is 0 Å². The van der Waals surface area contributed by atoms with Crippen LogP contribution in [0.4, 0.5) is 0 Å². The molecule has 0 amide bonds. The first-order valence-electron chi connectivity index (χ1n) is 6.92. The highest BCUT2D eigenvalue weighted by molar-refractivity contribution is 9.10. The summed E-state index contributed by atoms with van der Waals surface area (Å²) in [5.74, 6) is -0.677. The fourth-order valence-electron chi connectivity index (χ4n) is 2.42. The molecule has 0 N–H and O–H groups in total.